The molecule has 0 saturated heterocycles. The maximum absolute atomic E-state index is 10.1. The molecule has 11 heavy (non-hydrogen) atoms. The standard InChI is InChI=1S/C4H8N2O5/c1-4(2-3-7,5(8)9)6(10)11/h7H,2-3H2,1H3. The van der Waals surface area contributed by atoms with Crippen LogP contribution in [-0.2, 0) is 0 Å². The summed E-state index contributed by atoms with van der Waals surface area (Å²) < 4.78 is 0. The number of hydrogen-bond acceptors (Lipinski definition) is 5. The molecule has 0 unspecified atom stereocenters. The quantitative estimate of drug-likeness (QED) is 0.346. The van der Waals surface area contributed by atoms with Crippen LogP contribution in [0, 0.1) is 20.2 Å². The lowest BCUT2D eigenvalue weighted by atomic mass is 10.1. The Hall–Kier alpha value is -1.24. The van der Waals surface area contributed by atoms with E-state index in [2.05, 4.69) is 0 Å². The van der Waals surface area contributed by atoms with Gasteiger partial charge in [0.1, 0.15) is 6.42 Å². The zero-order valence-electron chi connectivity index (χ0n) is 5.89. The topological polar surface area (TPSA) is 107 Å². The lowest BCUT2D eigenvalue weighted by Crippen LogP contribution is -2.43. The van der Waals surface area contributed by atoms with Crippen molar-refractivity contribution >= 4 is 0 Å². The third-order valence-corrected chi connectivity index (χ3v) is 1.37. The number of aliphatic hydroxyl groups is 1. The predicted molar refractivity (Wildman–Crippen MR) is 34.1 cm³/mol. The Balaban J connectivity index is 4.52. The minimum absolute atomic E-state index is 0.479. The molecule has 0 rings (SSSR count). The second-order valence-electron chi connectivity index (χ2n) is 2.20. The van der Waals surface area contributed by atoms with Crippen LogP contribution in [0.1, 0.15) is 13.3 Å². The monoisotopic (exact) mass is 164 g/mol. The van der Waals surface area contributed by atoms with E-state index in [0.717, 1.165) is 6.92 Å². The first-order valence-corrected chi connectivity index (χ1v) is 2.85. The molecule has 7 heteroatoms. The molecule has 0 bridgehead atoms. The third kappa shape index (κ3) is 1.84. The molecule has 0 aliphatic heterocycles. The average molecular weight is 164 g/mol. The van der Waals surface area contributed by atoms with Crippen molar-refractivity contribution in [1.29, 1.82) is 0 Å². The molecule has 0 heterocycles. The summed E-state index contributed by atoms with van der Waals surface area (Å²) in [5, 5.41) is 28.5. The summed E-state index contributed by atoms with van der Waals surface area (Å²) in [7, 11) is 0. The first kappa shape index (κ1) is 9.76. The Kier molecular flexibility index (Phi) is 2.87. The van der Waals surface area contributed by atoms with E-state index in [1.54, 1.807) is 0 Å². The van der Waals surface area contributed by atoms with Gasteiger partial charge < -0.3 is 5.11 Å². The van der Waals surface area contributed by atoms with E-state index < -0.39 is 28.5 Å². The Bertz CT molecular complexity index is 165. The summed E-state index contributed by atoms with van der Waals surface area (Å²) in [6, 6.07) is 0. The largest absolute Gasteiger partial charge is 0.458 e. The Morgan fingerprint density at radius 1 is 1.36 bits per heavy atom. The Morgan fingerprint density at radius 3 is 1.82 bits per heavy atom. The smallest absolute Gasteiger partial charge is 0.396 e. The van der Waals surface area contributed by atoms with Crippen LogP contribution >= 0.6 is 0 Å². The third-order valence-electron chi connectivity index (χ3n) is 1.37. The summed E-state index contributed by atoms with van der Waals surface area (Å²) in [6.45, 7) is 0.293. The van der Waals surface area contributed by atoms with E-state index in [4.69, 9.17) is 5.11 Å². The van der Waals surface area contributed by atoms with Gasteiger partial charge in [0.25, 0.3) is 0 Å². The van der Waals surface area contributed by atoms with E-state index in [-0.39, 0.29) is 0 Å². The van der Waals surface area contributed by atoms with E-state index in [1.165, 1.54) is 0 Å². The molecular formula is C4H8N2O5. The fraction of sp³-hybridized carbons (Fsp3) is 1.00. The molecule has 0 aliphatic carbocycles. The van der Waals surface area contributed by atoms with Gasteiger partial charge in [-0.3, -0.25) is 20.2 Å². The second-order valence-corrected chi connectivity index (χ2v) is 2.20. The second kappa shape index (κ2) is 3.24. The van der Waals surface area contributed by atoms with Gasteiger partial charge in [0.2, 0.25) is 0 Å². The van der Waals surface area contributed by atoms with Crippen molar-refractivity contribution in [2.24, 2.45) is 0 Å². The molecule has 0 aromatic carbocycles. The number of rotatable bonds is 4. The fourth-order valence-corrected chi connectivity index (χ4v) is 0.461. The highest BCUT2D eigenvalue weighted by atomic mass is 16.7. The van der Waals surface area contributed by atoms with Crippen molar-refractivity contribution in [2.45, 2.75) is 19.0 Å². The molecule has 0 radical (unpaired) electrons. The predicted octanol–water partition coefficient (Wildman–Crippen LogP) is -0.362. The van der Waals surface area contributed by atoms with Crippen molar-refractivity contribution in [3.05, 3.63) is 20.2 Å². The van der Waals surface area contributed by atoms with Gasteiger partial charge in [0.15, 0.2) is 0 Å². The normalized spacial score (nSPS) is 11.1. The number of nitro groups is 2. The van der Waals surface area contributed by atoms with Crippen molar-refractivity contribution in [1.82, 2.24) is 0 Å². The van der Waals surface area contributed by atoms with E-state index in [1.807, 2.05) is 0 Å². The molecule has 0 spiro atoms. The maximum atomic E-state index is 10.1. The van der Waals surface area contributed by atoms with Crippen LogP contribution in [-0.4, -0.2) is 27.2 Å². The highest BCUT2D eigenvalue weighted by molar-refractivity contribution is 4.58. The van der Waals surface area contributed by atoms with Gasteiger partial charge in [-0.1, -0.05) is 0 Å². The molecular weight excluding hydrogens is 156 g/mol. The van der Waals surface area contributed by atoms with Gasteiger partial charge in [-0.25, -0.2) is 0 Å². The molecule has 0 aromatic heterocycles. The Labute approximate surface area is 61.9 Å². The summed E-state index contributed by atoms with van der Waals surface area (Å²) in [6.07, 6.45) is -0.479. The van der Waals surface area contributed by atoms with E-state index >= 15 is 0 Å². The summed E-state index contributed by atoms with van der Waals surface area (Å²) in [5.41, 5.74) is -2.26. The zero-order chi connectivity index (χ0) is 9.07. The molecule has 7 nitrogen and oxygen atoms in total. The van der Waals surface area contributed by atoms with Crippen LogP contribution in [0.3, 0.4) is 0 Å². The molecule has 0 fully saturated rings. The van der Waals surface area contributed by atoms with Crippen LogP contribution in [0.25, 0.3) is 0 Å². The SMILES string of the molecule is CC(CCO)([N+](=O)[O-])[N+](=O)[O-]. The molecule has 0 amide bonds. The van der Waals surface area contributed by atoms with Gasteiger partial charge >= 0.3 is 5.66 Å². The van der Waals surface area contributed by atoms with Crippen LogP contribution in [0.5, 0.6) is 0 Å². The zero-order valence-corrected chi connectivity index (χ0v) is 5.89. The molecule has 0 aliphatic rings. The summed E-state index contributed by atoms with van der Waals surface area (Å²) in [4.78, 5) is 18.2. The van der Waals surface area contributed by atoms with Crippen LogP contribution in [0.4, 0.5) is 0 Å². The summed E-state index contributed by atoms with van der Waals surface area (Å²) >= 11 is 0. The van der Waals surface area contributed by atoms with Crippen molar-refractivity contribution in [3.63, 3.8) is 0 Å². The lowest BCUT2D eigenvalue weighted by Gasteiger charge is -2.09. The first-order chi connectivity index (χ1) is 4.95. The van der Waals surface area contributed by atoms with Crippen molar-refractivity contribution in [2.75, 3.05) is 6.61 Å². The fourth-order valence-electron chi connectivity index (χ4n) is 0.461. The number of hydrogen-bond donors (Lipinski definition) is 1. The van der Waals surface area contributed by atoms with Gasteiger partial charge in [-0.05, 0) is 0 Å². The minimum Gasteiger partial charge on any atom is -0.396 e. The van der Waals surface area contributed by atoms with Gasteiger partial charge in [-0.2, -0.15) is 0 Å². The lowest BCUT2D eigenvalue weighted by molar-refractivity contribution is -0.793. The van der Waals surface area contributed by atoms with Crippen molar-refractivity contribution in [3.8, 4) is 0 Å². The van der Waals surface area contributed by atoms with E-state index in [9.17, 15) is 20.2 Å². The molecule has 0 aromatic rings. The van der Waals surface area contributed by atoms with Crippen LogP contribution < -0.4 is 0 Å². The molecule has 0 saturated carbocycles. The minimum atomic E-state index is -2.26. The summed E-state index contributed by atoms with van der Waals surface area (Å²) in [5.74, 6) is 0. The molecule has 0 atom stereocenters. The van der Waals surface area contributed by atoms with Gasteiger partial charge in [-0.15, -0.1) is 0 Å². The highest BCUT2D eigenvalue weighted by Gasteiger charge is 2.49. The van der Waals surface area contributed by atoms with Gasteiger partial charge in [0.05, 0.1) is 23.4 Å². The van der Waals surface area contributed by atoms with Crippen molar-refractivity contribution < 1.29 is 15.0 Å². The number of aliphatic hydroxyl groups excluding tert-OH is 1. The van der Waals surface area contributed by atoms with Crippen LogP contribution in [0.15, 0.2) is 0 Å². The average Bonchev–Trinajstić information content (AvgIpc) is 1.87. The molecule has 1 N–H and O–H groups in total. The van der Waals surface area contributed by atoms with Gasteiger partial charge in [0, 0.05) is 0 Å². The Morgan fingerprint density at radius 2 is 1.73 bits per heavy atom. The molecule has 64 valence electrons. The first-order valence-electron chi connectivity index (χ1n) is 2.85. The van der Waals surface area contributed by atoms with E-state index in [0.29, 0.717) is 0 Å². The highest BCUT2D eigenvalue weighted by Crippen LogP contribution is 2.13. The van der Waals surface area contributed by atoms with Crippen LogP contribution in [0.2, 0.25) is 0 Å². The maximum Gasteiger partial charge on any atom is 0.458 e. The number of nitrogens with zero attached hydrogens (tertiary/aromatic N) is 2.